The van der Waals surface area contributed by atoms with Crippen LogP contribution in [0.15, 0.2) is 22.7 Å². The zero-order chi connectivity index (χ0) is 13.7. The molecule has 1 atom stereocenters. The Morgan fingerprint density at radius 3 is 3.00 bits per heavy atom. The molecule has 2 rings (SSSR count). The Kier molecular flexibility index (Phi) is 5.54. The summed E-state index contributed by atoms with van der Waals surface area (Å²) in [5, 5.41) is 3.21. The Labute approximate surface area is 119 Å². The molecular formula is C13H16BrF2NO2. The van der Waals surface area contributed by atoms with Gasteiger partial charge in [-0.1, -0.05) is 15.9 Å². The molecule has 1 fully saturated rings. The summed E-state index contributed by atoms with van der Waals surface area (Å²) in [7, 11) is 0. The molecule has 0 aliphatic carbocycles. The summed E-state index contributed by atoms with van der Waals surface area (Å²) < 4.78 is 35.4. The van der Waals surface area contributed by atoms with Gasteiger partial charge in [-0.2, -0.15) is 8.78 Å². The van der Waals surface area contributed by atoms with E-state index in [1.54, 1.807) is 18.2 Å². The first-order valence-electron chi connectivity index (χ1n) is 6.20. The molecule has 0 bridgehead atoms. The Balaban J connectivity index is 1.91. The van der Waals surface area contributed by atoms with Crippen LogP contribution in [0.3, 0.4) is 0 Å². The van der Waals surface area contributed by atoms with E-state index >= 15 is 0 Å². The van der Waals surface area contributed by atoms with Gasteiger partial charge in [-0.3, -0.25) is 0 Å². The van der Waals surface area contributed by atoms with Gasteiger partial charge in [0.1, 0.15) is 5.75 Å². The molecule has 1 aromatic rings. The molecule has 1 aromatic carbocycles. The van der Waals surface area contributed by atoms with Crippen molar-refractivity contribution in [2.45, 2.75) is 32.1 Å². The molecule has 0 unspecified atom stereocenters. The minimum atomic E-state index is -2.81. The van der Waals surface area contributed by atoms with Crippen LogP contribution in [0.2, 0.25) is 0 Å². The van der Waals surface area contributed by atoms with E-state index in [2.05, 4.69) is 26.0 Å². The van der Waals surface area contributed by atoms with E-state index in [1.807, 2.05) is 0 Å². The average molecular weight is 336 g/mol. The standard InChI is InChI=1S/C13H16BrF2NO2/c14-10-3-4-12(19-13(15)16)9(6-10)7-17-8-11-2-1-5-18-11/h3-4,6,11,13,17H,1-2,5,7-8H2/t11-/m0/s1. The van der Waals surface area contributed by atoms with E-state index in [4.69, 9.17) is 4.74 Å². The fourth-order valence-corrected chi connectivity index (χ4v) is 2.48. The lowest BCUT2D eigenvalue weighted by Gasteiger charge is -2.14. The lowest BCUT2D eigenvalue weighted by molar-refractivity contribution is -0.0505. The number of hydrogen-bond acceptors (Lipinski definition) is 3. The maximum atomic E-state index is 12.3. The van der Waals surface area contributed by atoms with Crippen LogP contribution in [-0.4, -0.2) is 25.9 Å². The second-order valence-corrected chi connectivity index (χ2v) is 5.31. The first-order chi connectivity index (χ1) is 9.15. The molecule has 1 aliphatic rings. The number of nitrogens with one attached hydrogen (secondary N) is 1. The van der Waals surface area contributed by atoms with E-state index in [0.717, 1.165) is 30.5 Å². The molecule has 1 N–H and O–H groups in total. The Morgan fingerprint density at radius 2 is 2.32 bits per heavy atom. The summed E-state index contributed by atoms with van der Waals surface area (Å²) in [5.74, 6) is 0.207. The van der Waals surface area contributed by atoms with Crippen LogP contribution in [0, 0.1) is 0 Å². The number of hydrogen-bond donors (Lipinski definition) is 1. The highest BCUT2D eigenvalue weighted by Crippen LogP contribution is 2.24. The number of alkyl halides is 2. The van der Waals surface area contributed by atoms with Gasteiger partial charge in [0.05, 0.1) is 6.10 Å². The van der Waals surface area contributed by atoms with Crippen molar-refractivity contribution in [3.05, 3.63) is 28.2 Å². The fraction of sp³-hybridized carbons (Fsp3) is 0.538. The van der Waals surface area contributed by atoms with Gasteiger partial charge in [-0.15, -0.1) is 0 Å². The third-order valence-corrected chi connectivity index (χ3v) is 3.44. The zero-order valence-corrected chi connectivity index (χ0v) is 12.0. The lowest BCUT2D eigenvalue weighted by atomic mass is 10.2. The molecule has 106 valence electrons. The molecule has 1 saturated heterocycles. The zero-order valence-electron chi connectivity index (χ0n) is 10.4. The Bertz CT molecular complexity index is 412. The Morgan fingerprint density at radius 1 is 1.47 bits per heavy atom. The highest BCUT2D eigenvalue weighted by atomic mass is 79.9. The first-order valence-corrected chi connectivity index (χ1v) is 7.00. The van der Waals surface area contributed by atoms with Crippen molar-refractivity contribution in [2.75, 3.05) is 13.2 Å². The SMILES string of the molecule is FC(F)Oc1ccc(Br)cc1CNC[C@@H]1CCCO1. The molecule has 0 saturated carbocycles. The summed E-state index contributed by atoms with van der Waals surface area (Å²) >= 11 is 3.33. The van der Waals surface area contributed by atoms with Crippen molar-refractivity contribution in [2.24, 2.45) is 0 Å². The molecule has 0 aromatic heterocycles. The molecule has 0 radical (unpaired) electrons. The maximum Gasteiger partial charge on any atom is 0.387 e. The molecule has 1 aliphatic heterocycles. The number of benzene rings is 1. The quantitative estimate of drug-likeness (QED) is 0.865. The molecule has 3 nitrogen and oxygen atoms in total. The summed E-state index contributed by atoms with van der Waals surface area (Å²) in [5.41, 5.74) is 0.702. The minimum absolute atomic E-state index is 0.207. The predicted octanol–water partition coefficient (Wildman–Crippen LogP) is 3.32. The van der Waals surface area contributed by atoms with Gasteiger partial charge in [-0.05, 0) is 31.0 Å². The van der Waals surface area contributed by atoms with Crippen molar-refractivity contribution in [3.63, 3.8) is 0 Å². The molecular weight excluding hydrogens is 320 g/mol. The van der Waals surface area contributed by atoms with E-state index in [0.29, 0.717) is 12.1 Å². The van der Waals surface area contributed by atoms with Crippen molar-refractivity contribution in [1.82, 2.24) is 5.32 Å². The van der Waals surface area contributed by atoms with Gasteiger partial charge in [-0.25, -0.2) is 0 Å². The Hall–Kier alpha value is -0.720. The smallest absolute Gasteiger partial charge is 0.387 e. The second-order valence-electron chi connectivity index (χ2n) is 4.40. The van der Waals surface area contributed by atoms with E-state index in [1.165, 1.54) is 0 Å². The maximum absolute atomic E-state index is 12.3. The van der Waals surface area contributed by atoms with Crippen molar-refractivity contribution in [3.8, 4) is 5.75 Å². The average Bonchev–Trinajstić information content (AvgIpc) is 2.85. The van der Waals surface area contributed by atoms with Gasteiger partial charge in [0.2, 0.25) is 0 Å². The van der Waals surface area contributed by atoms with Crippen LogP contribution in [-0.2, 0) is 11.3 Å². The molecule has 19 heavy (non-hydrogen) atoms. The fourth-order valence-electron chi connectivity index (χ4n) is 2.07. The topological polar surface area (TPSA) is 30.5 Å². The predicted molar refractivity (Wildman–Crippen MR) is 71.5 cm³/mol. The summed E-state index contributed by atoms with van der Waals surface area (Å²) in [6.45, 7) is -0.802. The minimum Gasteiger partial charge on any atom is -0.434 e. The summed E-state index contributed by atoms with van der Waals surface area (Å²) in [6.07, 6.45) is 2.36. The van der Waals surface area contributed by atoms with Crippen LogP contribution < -0.4 is 10.1 Å². The van der Waals surface area contributed by atoms with Gasteiger partial charge in [0, 0.05) is 29.7 Å². The molecule has 0 amide bonds. The molecule has 6 heteroatoms. The highest BCUT2D eigenvalue weighted by Gasteiger charge is 2.15. The van der Waals surface area contributed by atoms with Crippen molar-refractivity contribution < 1.29 is 18.3 Å². The van der Waals surface area contributed by atoms with Gasteiger partial charge < -0.3 is 14.8 Å². The number of halogens is 3. The third kappa shape index (κ3) is 4.71. The summed E-state index contributed by atoms with van der Waals surface area (Å²) in [6, 6.07) is 5.00. The largest absolute Gasteiger partial charge is 0.434 e. The second kappa shape index (κ2) is 7.17. The van der Waals surface area contributed by atoms with Crippen molar-refractivity contribution >= 4 is 15.9 Å². The van der Waals surface area contributed by atoms with Crippen LogP contribution in [0.4, 0.5) is 8.78 Å². The lowest BCUT2D eigenvalue weighted by Crippen LogP contribution is -2.26. The van der Waals surface area contributed by atoms with Crippen LogP contribution in [0.1, 0.15) is 18.4 Å². The first kappa shape index (κ1) is 14.7. The molecule has 1 heterocycles. The molecule has 0 spiro atoms. The van der Waals surface area contributed by atoms with E-state index in [-0.39, 0.29) is 11.9 Å². The van der Waals surface area contributed by atoms with Crippen LogP contribution >= 0.6 is 15.9 Å². The monoisotopic (exact) mass is 335 g/mol. The number of ether oxygens (including phenoxy) is 2. The highest BCUT2D eigenvalue weighted by molar-refractivity contribution is 9.10. The van der Waals surface area contributed by atoms with Gasteiger partial charge in [0.15, 0.2) is 0 Å². The van der Waals surface area contributed by atoms with E-state index in [9.17, 15) is 8.78 Å². The van der Waals surface area contributed by atoms with Gasteiger partial charge >= 0.3 is 6.61 Å². The third-order valence-electron chi connectivity index (χ3n) is 2.95. The van der Waals surface area contributed by atoms with E-state index < -0.39 is 6.61 Å². The van der Waals surface area contributed by atoms with Crippen molar-refractivity contribution in [1.29, 1.82) is 0 Å². The van der Waals surface area contributed by atoms with Gasteiger partial charge in [0.25, 0.3) is 0 Å². The van der Waals surface area contributed by atoms with Crippen LogP contribution in [0.25, 0.3) is 0 Å². The normalized spacial score (nSPS) is 19.1. The number of rotatable bonds is 6. The van der Waals surface area contributed by atoms with Crippen LogP contribution in [0.5, 0.6) is 5.75 Å². The summed E-state index contributed by atoms with van der Waals surface area (Å²) in [4.78, 5) is 0.